The van der Waals surface area contributed by atoms with Crippen LogP contribution in [-0.4, -0.2) is 57.2 Å². The lowest BCUT2D eigenvalue weighted by Crippen LogP contribution is -2.27. The van der Waals surface area contributed by atoms with Crippen LogP contribution in [0, 0.1) is 0 Å². The van der Waals surface area contributed by atoms with E-state index in [1.54, 1.807) is 18.9 Å². The molecule has 1 saturated carbocycles. The standard InChI is InChI=1S/C11H20N4O3S/c1-17-9(18-2)7-15-10(12-13-14-15)19-8-11(16)5-3-4-6-11/h9,16H,3-8H2,1-2H3. The first-order valence-electron chi connectivity index (χ1n) is 6.34. The van der Waals surface area contributed by atoms with Crippen LogP contribution < -0.4 is 0 Å². The molecule has 1 aromatic rings. The highest BCUT2D eigenvalue weighted by Gasteiger charge is 2.31. The first kappa shape index (κ1) is 14.7. The van der Waals surface area contributed by atoms with E-state index in [0.717, 1.165) is 25.7 Å². The molecule has 19 heavy (non-hydrogen) atoms. The summed E-state index contributed by atoms with van der Waals surface area (Å²) in [6.45, 7) is 0.431. The number of methoxy groups -OCH3 is 2. The summed E-state index contributed by atoms with van der Waals surface area (Å²) in [5, 5.41) is 22.5. The summed E-state index contributed by atoms with van der Waals surface area (Å²) in [5.41, 5.74) is -0.566. The number of ether oxygens (including phenoxy) is 2. The Labute approximate surface area is 116 Å². The SMILES string of the molecule is COC(Cn1nnnc1SCC1(O)CCCC1)OC. The van der Waals surface area contributed by atoms with Crippen LogP contribution in [0.1, 0.15) is 25.7 Å². The fraction of sp³-hybridized carbons (Fsp3) is 0.909. The van der Waals surface area contributed by atoms with Gasteiger partial charge in [-0.15, -0.1) is 5.10 Å². The van der Waals surface area contributed by atoms with Gasteiger partial charge in [0.1, 0.15) is 0 Å². The number of hydrogen-bond donors (Lipinski definition) is 1. The average molecular weight is 288 g/mol. The number of tetrazole rings is 1. The van der Waals surface area contributed by atoms with E-state index < -0.39 is 5.60 Å². The molecular weight excluding hydrogens is 268 g/mol. The van der Waals surface area contributed by atoms with Crippen molar-refractivity contribution in [2.24, 2.45) is 0 Å². The van der Waals surface area contributed by atoms with Crippen molar-refractivity contribution in [3.05, 3.63) is 0 Å². The van der Waals surface area contributed by atoms with E-state index in [0.29, 0.717) is 17.5 Å². The van der Waals surface area contributed by atoms with E-state index >= 15 is 0 Å². The van der Waals surface area contributed by atoms with Gasteiger partial charge >= 0.3 is 0 Å². The molecule has 1 aliphatic carbocycles. The normalized spacial score (nSPS) is 18.3. The van der Waals surface area contributed by atoms with Crippen molar-refractivity contribution in [1.29, 1.82) is 0 Å². The monoisotopic (exact) mass is 288 g/mol. The molecule has 7 nitrogen and oxygen atoms in total. The summed E-state index contributed by atoms with van der Waals surface area (Å²) in [4.78, 5) is 0. The van der Waals surface area contributed by atoms with Crippen molar-refractivity contribution < 1.29 is 14.6 Å². The number of thioether (sulfide) groups is 1. The molecule has 0 aromatic carbocycles. The van der Waals surface area contributed by atoms with Crippen LogP contribution in [0.25, 0.3) is 0 Å². The molecule has 0 bridgehead atoms. The maximum atomic E-state index is 10.3. The lowest BCUT2D eigenvalue weighted by atomic mass is 10.1. The van der Waals surface area contributed by atoms with Crippen LogP contribution >= 0.6 is 11.8 Å². The topological polar surface area (TPSA) is 82.3 Å². The van der Waals surface area contributed by atoms with Gasteiger partial charge in [0.2, 0.25) is 5.16 Å². The Morgan fingerprint density at radius 2 is 2.05 bits per heavy atom. The summed E-state index contributed by atoms with van der Waals surface area (Å²) in [6, 6.07) is 0. The van der Waals surface area contributed by atoms with Crippen LogP contribution in [0.3, 0.4) is 0 Å². The number of hydrogen-bond acceptors (Lipinski definition) is 7. The molecule has 1 aromatic heterocycles. The fourth-order valence-electron chi connectivity index (χ4n) is 2.18. The van der Waals surface area contributed by atoms with Crippen LogP contribution in [0.2, 0.25) is 0 Å². The average Bonchev–Trinajstić information content (AvgIpc) is 3.03. The molecule has 0 amide bonds. The molecular formula is C11H20N4O3S. The second-order valence-corrected chi connectivity index (χ2v) is 5.71. The third-order valence-corrected chi connectivity index (χ3v) is 4.58. The lowest BCUT2D eigenvalue weighted by molar-refractivity contribution is -0.113. The van der Waals surface area contributed by atoms with Gasteiger partial charge in [0, 0.05) is 20.0 Å². The Kier molecular flexibility index (Phi) is 5.14. The lowest BCUT2D eigenvalue weighted by Gasteiger charge is -2.21. The Morgan fingerprint density at radius 3 is 2.68 bits per heavy atom. The Balaban J connectivity index is 1.92. The van der Waals surface area contributed by atoms with Crippen LogP contribution in [0.5, 0.6) is 0 Å². The van der Waals surface area contributed by atoms with Gasteiger partial charge in [0.15, 0.2) is 6.29 Å². The predicted molar refractivity (Wildman–Crippen MR) is 69.8 cm³/mol. The van der Waals surface area contributed by atoms with Crippen molar-refractivity contribution in [1.82, 2.24) is 20.2 Å². The second-order valence-electron chi connectivity index (χ2n) is 4.76. The summed E-state index contributed by atoms with van der Waals surface area (Å²) in [5.74, 6) is 0.623. The summed E-state index contributed by atoms with van der Waals surface area (Å²) in [6.07, 6.45) is 3.53. The number of aliphatic hydroxyl groups is 1. The first-order valence-corrected chi connectivity index (χ1v) is 7.32. The number of rotatable bonds is 7. The van der Waals surface area contributed by atoms with E-state index in [1.165, 1.54) is 11.8 Å². The molecule has 1 N–H and O–H groups in total. The molecule has 2 rings (SSSR count). The summed E-state index contributed by atoms with van der Waals surface area (Å²) < 4.78 is 11.9. The van der Waals surface area contributed by atoms with Crippen molar-refractivity contribution in [2.45, 2.75) is 49.3 Å². The largest absolute Gasteiger partial charge is 0.389 e. The van der Waals surface area contributed by atoms with Gasteiger partial charge < -0.3 is 14.6 Å². The smallest absolute Gasteiger partial charge is 0.209 e. The molecule has 8 heteroatoms. The van der Waals surface area contributed by atoms with Gasteiger partial charge in [-0.2, -0.15) is 0 Å². The van der Waals surface area contributed by atoms with Gasteiger partial charge in [-0.05, 0) is 23.3 Å². The van der Waals surface area contributed by atoms with Crippen LogP contribution in [0.15, 0.2) is 5.16 Å². The zero-order valence-electron chi connectivity index (χ0n) is 11.3. The van der Waals surface area contributed by atoms with Crippen LogP contribution in [-0.2, 0) is 16.0 Å². The van der Waals surface area contributed by atoms with Gasteiger partial charge in [0.25, 0.3) is 0 Å². The van der Waals surface area contributed by atoms with Crippen molar-refractivity contribution in [3.8, 4) is 0 Å². The van der Waals surface area contributed by atoms with Gasteiger partial charge in [0.05, 0.1) is 12.1 Å². The molecule has 1 aliphatic rings. The minimum atomic E-state index is -0.566. The first-order chi connectivity index (χ1) is 9.17. The highest BCUT2D eigenvalue weighted by molar-refractivity contribution is 7.99. The molecule has 0 aliphatic heterocycles. The van der Waals surface area contributed by atoms with Crippen molar-refractivity contribution >= 4 is 11.8 Å². The molecule has 0 radical (unpaired) electrons. The third-order valence-electron chi connectivity index (χ3n) is 3.35. The molecule has 0 saturated heterocycles. The van der Waals surface area contributed by atoms with Crippen molar-refractivity contribution in [2.75, 3.05) is 20.0 Å². The predicted octanol–water partition coefficient (Wildman–Crippen LogP) is 0.689. The number of aromatic nitrogens is 4. The minimum absolute atomic E-state index is 0.377. The highest BCUT2D eigenvalue weighted by atomic mass is 32.2. The Morgan fingerprint density at radius 1 is 1.37 bits per heavy atom. The van der Waals surface area contributed by atoms with E-state index in [-0.39, 0.29) is 6.29 Å². The minimum Gasteiger partial charge on any atom is -0.389 e. The third kappa shape index (κ3) is 3.88. The van der Waals surface area contributed by atoms with Gasteiger partial charge in [-0.1, -0.05) is 24.6 Å². The van der Waals surface area contributed by atoms with E-state index in [9.17, 15) is 5.11 Å². The Bertz CT molecular complexity index is 391. The highest BCUT2D eigenvalue weighted by Crippen LogP contribution is 2.34. The number of nitrogens with zero attached hydrogens (tertiary/aromatic N) is 4. The van der Waals surface area contributed by atoms with Gasteiger partial charge in [-0.3, -0.25) is 0 Å². The van der Waals surface area contributed by atoms with Crippen LogP contribution in [0.4, 0.5) is 0 Å². The second kappa shape index (κ2) is 6.65. The van der Waals surface area contributed by atoms with E-state index in [1.807, 2.05) is 0 Å². The fourth-order valence-corrected chi connectivity index (χ4v) is 3.22. The Hall–Kier alpha value is -0.700. The zero-order chi connectivity index (χ0) is 13.7. The maximum absolute atomic E-state index is 10.3. The van der Waals surface area contributed by atoms with Crippen molar-refractivity contribution in [3.63, 3.8) is 0 Å². The molecule has 1 fully saturated rings. The molecule has 1 heterocycles. The quantitative estimate of drug-likeness (QED) is 0.584. The van der Waals surface area contributed by atoms with E-state index in [2.05, 4.69) is 15.5 Å². The maximum Gasteiger partial charge on any atom is 0.209 e. The molecule has 0 spiro atoms. The van der Waals surface area contributed by atoms with E-state index in [4.69, 9.17) is 9.47 Å². The summed E-state index contributed by atoms with van der Waals surface area (Å²) >= 11 is 1.48. The zero-order valence-corrected chi connectivity index (χ0v) is 12.1. The summed E-state index contributed by atoms with van der Waals surface area (Å²) in [7, 11) is 3.15. The molecule has 0 atom stereocenters. The molecule has 0 unspecified atom stereocenters. The molecule has 108 valence electrons. The van der Waals surface area contributed by atoms with Gasteiger partial charge in [-0.25, -0.2) is 4.68 Å².